The van der Waals surface area contributed by atoms with E-state index in [0.717, 1.165) is 4.88 Å². The number of amides is 1. The van der Waals surface area contributed by atoms with E-state index in [4.69, 9.17) is 4.74 Å². The first-order valence-corrected chi connectivity index (χ1v) is 3.93. The number of carbonyl (C=O) groups excluding carboxylic acids is 1. The molecule has 0 aromatic carbocycles. The van der Waals surface area contributed by atoms with E-state index in [1.54, 1.807) is 11.7 Å². The highest BCUT2D eigenvalue weighted by Gasteiger charge is 1.99. The van der Waals surface area contributed by atoms with E-state index in [1.165, 1.54) is 18.4 Å². The summed E-state index contributed by atoms with van der Waals surface area (Å²) in [6.07, 6.45) is 1.26. The quantitative estimate of drug-likeness (QED) is 0.724. The van der Waals surface area contributed by atoms with Crippen molar-refractivity contribution in [1.82, 2.24) is 10.3 Å². The minimum Gasteiger partial charge on any atom is -0.444 e. The van der Waals surface area contributed by atoms with Crippen LogP contribution in [0.5, 0.6) is 0 Å². The lowest BCUT2D eigenvalue weighted by molar-refractivity contribution is 0.143. The third-order valence-electron chi connectivity index (χ3n) is 1.03. The zero-order valence-electron chi connectivity index (χ0n) is 6.03. The zero-order valence-corrected chi connectivity index (χ0v) is 6.85. The summed E-state index contributed by atoms with van der Waals surface area (Å²) in [6, 6.07) is 0. The summed E-state index contributed by atoms with van der Waals surface area (Å²) in [5.74, 6) is 0. The van der Waals surface area contributed by atoms with Crippen molar-refractivity contribution in [2.24, 2.45) is 0 Å². The number of aromatic nitrogens is 1. The van der Waals surface area contributed by atoms with Gasteiger partial charge < -0.3 is 10.1 Å². The minimum atomic E-state index is -0.418. The van der Waals surface area contributed by atoms with Crippen LogP contribution in [0, 0.1) is 0 Å². The second-order valence-corrected chi connectivity index (χ2v) is 2.76. The Morgan fingerprint density at radius 2 is 2.73 bits per heavy atom. The molecule has 0 aliphatic rings. The highest BCUT2D eigenvalue weighted by Crippen LogP contribution is 2.06. The average molecular weight is 172 g/mol. The number of alkyl carbamates (subject to hydrolysis) is 1. The van der Waals surface area contributed by atoms with E-state index in [-0.39, 0.29) is 0 Å². The van der Waals surface area contributed by atoms with Gasteiger partial charge in [-0.2, -0.15) is 0 Å². The number of nitrogens with zero attached hydrogens (tertiary/aromatic N) is 1. The molecule has 0 unspecified atom stereocenters. The highest BCUT2D eigenvalue weighted by molar-refractivity contribution is 7.09. The fraction of sp³-hybridized carbons (Fsp3) is 0.333. The van der Waals surface area contributed by atoms with Crippen LogP contribution in [0.15, 0.2) is 11.7 Å². The Balaban J connectivity index is 2.29. The Labute approximate surface area is 68.2 Å². The number of hydrogen-bond donors (Lipinski definition) is 1. The molecule has 0 aliphatic heterocycles. The minimum absolute atomic E-state index is 0.296. The van der Waals surface area contributed by atoms with Gasteiger partial charge in [-0.3, -0.25) is 4.98 Å². The second kappa shape index (κ2) is 3.92. The van der Waals surface area contributed by atoms with Gasteiger partial charge in [0.25, 0.3) is 0 Å². The Hall–Kier alpha value is -1.10. The summed E-state index contributed by atoms with van der Waals surface area (Å²) in [7, 11) is 1.52. The van der Waals surface area contributed by atoms with Crippen LogP contribution in [0.25, 0.3) is 0 Å². The van der Waals surface area contributed by atoms with E-state index in [0.29, 0.717) is 6.61 Å². The van der Waals surface area contributed by atoms with Crippen LogP contribution in [-0.4, -0.2) is 18.1 Å². The fourth-order valence-corrected chi connectivity index (χ4v) is 1.03. The summed E-state index contributed by atoms with van der Waals surface area (Å²) >= 11 is 1.46. The van der Waals surface area contributed by atoms with Gasteiger partial charge in [0.15, 0.2) is 0 Å². The van der Waals surface area contributed by atoms with Gasteiger partial charge >= 0.3 is 6.09 Å². The summed E-state index contributed by atoms with van der Waals surface area (Å²) in [6.45, 7) is 0.296. The third kappa shape index (κ3) is 2.55. The van der Waals surface area contributed by atoms with E-state index in [2.05, 4.69) is 10.3 Å². The Kier molecular flexibility index (Phi) is 2.85. The number of carbonyl (C=O) groups is 1. The van der Waals surface area contributed by atoms with Crippen LogP contribution in [0.3, 0.4) is 0 Å². The number of nitrogens with one attached hydrogen (secondary N) is 1. The molecule has 1 amide bonds. The number of ether oxygens (including phenoxy) is 1. The molecule has 0 radical (unpaired) electrons. The molecule has 0 saturated heterocycles. The smallest absolute Gasteiger partial charge is 0.407 e. The molecular weight excluding hydrogens is 164 g/mol. The molecule has 0 atom stereocenters. The number of thiazole rings is 1. The second-order valence-electron chi connectivity index (χ2n) is 1.79. The lowest BCUT2D eigenvalue weighted by atomic mass is 10.6. The van der Waals surface area contributed by atoms with Gasteiger partial charge in [0.2, 0.25) is 0 Å². The lowest BCUT2D eigenvalue weighted by Crippen LogP contribution is -2.18. The molecular formula is C6H8N2O2S. The van der Waals surface area contributed by atoms with E-state index < -0.39 is 6.09 Å². The SMILES string of the molecule is CNC(=O)OCc1cncs1. The molecule has 1 rings (SSSR count). The molecule has 1 N–H and O–H groups in total. The molecule has 0 saturated carbocycles. The Bertz CT molecular complexity index is 222. The molecule has 1 heterocycles. The van der Waals surface area contributed by atoms with Crippen molar-refractivity contribution in [3.8, 4) is 0 Å². The monoisotopic (exact) mass is 172 g/mol. The molecule has 0 spiro atoms. The first kappa shape index (κ1) is 8.00. The van der Waals surface area contributed by atoms with E-state index >= 15 is 0 Å². The molecule has 1 aromatic heterocycles. The Morgan fingerprint density at radius 1 is 1.91 bits per heavy atom. The maximum atomic E-state index is 10.6. The highest BCUT2D eigenvalue weighted by atomic mass is 32.1. The van der Waals surface area contributed by atoms with Crippen molar-refractivity contribution < 1.29 is 9.53 Å². The van der Waals surface area contributed by atoms with Crippen LogP contribution in [-0.2, 0) is 11.3 Å². The average Bonchev–Trinajstić information content (AvgIpc) is 2.52. The summed E-state index contributed by atoms with van der Waals surface area (Å²) in [5.41, 5.74) is 1.70. The van der Waals surface area contributed by atoms with Crippen molar-refractivity contribution in [2.45, 2.75) is 6.61 Å². The van der Waals surface area contributed by atoms with Gasteiger partial charge in [0, 0.05) is 13.2 Å². The van der Waals surface area contributed by atoms with Gasteiger partial charge in [-0.1, -0.05) is 0 Å². The fourth-order valence-electron chi connectivity index (χ4n) is 0.522. The van der Waals surface area contributed by atoms with Gasteiger partial charge in [-0.25, -0.2) is 4.79 Å². The van der Waals surface area contributed by atoms with Crippen LogP contribution < -0.4 is 5.32 Å². The van der Waals surface area contributed by atoms with Crippen LogP contribution in [0.2, 0.25) is 0 Å². The van der Waals surface area contributed by atoms with E-state index in [1.807, 2.05) is 0 Å². The summed E-state index contributed by atoms with van der Waals surface area (Å²) in [5, 5.41) is 2.35. The van der Waals surface area contributed by atoms with Gasteiger partial charge in [0.05, 0.1) is 10.4 Å². The number of hydrogen-bond acceptors (Lipinski definition) is 4. The van der Waals surface area contributed by atoms with Crippen molar-refractivity contribution in [3.05, 3.63) is 16.6 Å². The first-order chi connectivity index (χ1) is 5.33. The third-order valence-corrected chi connectivity index (χ3v) is 1.79. The molecule has 5 heteroatoms. The Morgan fingerprint density at radius 3 is 3.27 bits per heavy atom. The van der Waals surface area contributed by atoms with Crippen molar-refractivity contribution in [2.75, 3.05) is 7.05 Å². The van der Waals surface area contributed by atoms with Crippen molar-refractivity contribution in [1.29, 1.82) is 0 Å². The lowest BCUT2D eigenvalue weighted by Gasteiger charge is -1.99. The van der Waals surface area contributed by atoms with Gasteiger partial charge in [-0.15, -0.1) is 11.3 Å². The van der Waals surface area contributed by atoms with E-state index in [9.17, 15) is 4.79 Å². The number of rotatable bonds is 2. The topological polar surface area (TPSA) is 51.2 Å². The maximum Gasteiger partial charge on any atom is 0.407 e. The van der Waals surface area contributed by atoms with Crippen LogP contribution in [0.1, 0.15) is 4.88 Å². The predicted octanol–water partition coefficient (Wildman–Crippen LogP) is 0.999. The molecule has 11 heavy (non-hydrogen) atoms. The summed E-state index contributed by atoms with van der Waals surface area (Å²) in [4.78, 5) is 15.3. The normalized spacial score (nSPS) is 9.18. The maximum absolute atomic E-state index is 10.6. The molecule has 0 bridgehead atoms. The molecule has 4 nitrogen and oxygen atoms in total. The molecule has 0 fully saturated rings. The largest absolute Gasteiger partial charge is 0.444 e. The molecule has 60 valence electrons. The predicted molar refractivity (Wildman–Crippen MR) is 41.4 cm³/mol. The van der Waals surface area contributed by atoms with Crippen LogP contribution >= 0.6 is 11.3 Å². The zero-order chi connectivity index (χ0) is 8.10. The summed E-state index contributed by atoms with van der Waals surface area (Å²) < 4.78 is 4.76. The van der Waals surface area contributed by atoms with Gasteiger partial charge in [0.1, 0.15) is 6.61 Å². The van der Waals surface area contributed by atoms with Crippen LogP contribution in [0.4, 0.5) is 4.79 Å². The van der Waals surface area contributed by atoms with Crippen molar-refractivity contribution >= 4 is 17.4 Å². The first-order valence-electron chi connectivity index (χ1n) is 3.05. The standard InChI is InChI=1S/C6H8N2O2S/c1-7-6(9)10-3-5-2-8-4-11-5/h2,4H,3H2,1H3,(H,7,9). The van der Waals surface area contributed by atoms with Gasteiger partial charge in [-0.05, 0) is 0 Å². The molecule has 0 aliphatic carbocycles. The molecule has 1 aromatic rings. The van der Waals surface area contributed by atoms with Crippen molar-refractivity contribution in [3.63, 3.8) is 0 Å².